The number of thioether (sulfide) groups is 1. The highest BCUT2D eigenvalue weighted by Crippen LogP contribution is 2.26. The number of rotatable bonds is 4. The average Bonchev–Trinajstić information content (AvgIpc) is 2.44. The van der Waals surface area contributed by atoms with E-state index in [4.69, 9.17) is 23.2 Å². The molecule has 7 heteroatoms. The highest BCUT2D eigenvalue weighted by atomic mass is 35.5. The van der Waals surface area contributed by atoms with Gasteiger partial charge >= 0.3 is 0 Å². The average molecular weight is 345 g/mol. The van der Waals surface area contributed by atoms with Crippen LogP contribution in [0.4, 0.5) is 10.2 Å². The summed E-state index contributed by atoms with van der Waals surface area (Å²) in [5.41, 5.74) is 0. The van der Waals surface area contributed by atoms with E-state index in [1.807, 2.05) is 0 Å². The molecule has 1 N–H and O–H groups in total. The normalized spacial score (nSPS) is 12.0. The van der Waals surface area contributed by atoms with Crippen LogP contribution >= 0.6 is 35.0 Å². The lowest BCUT2D eigenvalue weighted by molar-refractivity contribution is -0.115. The lowest BCUT2D eigenvalue weighted by Crippen LogP contribution is -2.23. The first-order chi connectivity index (χ1) is 9.95. The Morgan fingerprint density at radius 2 is 2.00 bits per heavy atom. The monoisotopic (exact) mass is 344 g/mol. The van der Waals surface area contributed by atoms with E-state index < -0.39 is 0 Å². The van der Waals surface area contributed by atoms with Crippen molar-refractivity contribution in [1.82, 2.24) is 4.98 Å². The first-order valence-electron chi connectivity index (χ1n) is 6.00. The fourth-order valence-electron chi connectivity index (χ4n) is 1.50. The number of nitrogens with one attached hydrogen (secondary N) is 1. The zero-order chi connectivity index (χ0) is 15.4. The lowest BCUT2D eigenvalue weighted by atomic mass is 10.3. The maximum atomic E-state index is 12.8. The number of halogens is 3. The van der Waals surface area contributed by atoms with Gasteiger partial charge in [-0.1, -0.05) is 23.2 Å². The van der Waals surface area contributed by atoms with Crippen LogP contribution in [0.25, 0.3) is 0 Å². The number of nitrogens with zero attached hydrogens (tertiary/aromatic N) is 1. The SMILES string of the molecule is C[C@H](Sc1ccc(F)cc1)C(=O)Nc1ncc(Cl)cc1Cl. The van der Waals surface area contributed by atoms with Gasteiger partial charge in [-0.3, -0.25) is 4.79 Å². The van der Waals surface area contributed by atoms with Crippen LogP contribution < -0.4 is 5.32 Å². The number of pyridine rings is 1. The molecular weight excluding hydrogens is 334 g/mol. The number of amides is 1. The third-order valence-corrected chi connectivity index (χ3v) is 4.15. The van der Waals surface area contributed by atoms with Crippen LogP contribution in [0.1, 0.15) is 6.92 Å². The maximum absolute atomic E-state index is 12.8. The molecule has 1 amide bonds. The van der Waals surface area contributed by atoms with Gasteiger partial charge in [-0.2, -0.15) is 0 Å². The molecule has 0 spiro atoms. The number of benzene rings is 1. The molecule has 2 aromatic rings. The van der Waals surface area contributed by atoms with Gasteiger partial charge in [-0.05, 0) is 37.3 Å². The van der Waals surface area contributed by atoms with Gasteiger partial charge in [0.1, 0.15) is 5.82 Å². The van der Waals surface area contributed by atoms with Gasteiger partial charge < -0.3 is 5.32 Å². The first kappa shape index (κ1) is 16.1. The third-order valence-electron chi connectivity index (χ3n) is 2.55. The molecule has 110 valence electrons. The van der Waals surface area contributed by atoms with Crippen molar-refractivity contribution in [3.8, 4) is 0 Å². The van der Waals surface area contributed by atoms with E-state index in [1.165, 1.54) is 36.2 Å². The Morgan fingerprint density at radius 1 is 1.33 bits per heavy atom. The number of aromatic nitrogens is 1. The lowest BCUT2D eigenvalue weighted by Gasteiger charge is -2.12. The minimum absolute atomic E-state index is 0.249. The molecule has 0 aliphatic rings. The molecule has 2 rings (SSSR count). The van der Waals surface area contributed by atoms with Crippen LogP contribution in [0.5, 0.6) is 0 Å². The Labute approximate surface area is 135 Å². The second kappa shape index (κ2) is 7.11. The number of carbonyl (C=O) groups is 1. The largest absolute Gasteiger partial charge is 0.308 e. The van der Waals surface area contributed by atoms with Gasteiger partial charge in [0.05, 0.1) is 15.3 Å². The zero-order valence-corrected chi connectivity index (χ0v) is 13.3. The molecule has 0 aliphatic heterocycles. The van der Waals surface area contributed by atoms with E-state index in [1.54, 1.807) is 19.1 Å². The molecule has 1 aromatic carbocycles. The van der Waals surface area contributed by atoms with Crippen LogP contribution in [-0.2, 0) is 4.79 Å². The van der Waals surface area contributed by atoms with Crippen molar-refractivity contribution in [3.05, 3.63) is 52.4 Å². The number of anilines is 1. The van der Waals surface area contributed by atoms with Crippen LogP contribution in [0.3, 0.4) is 0 Å². The molecule has 1 aromatic heterocycles. The molecule has 0 saturated heterocycles. The fourth-order valence-corrected chi connectivity index (χ4v) is 2.79. The second-order valence-electron chi connectivity index (χ2n) is 4.19. The zero-order valence-electron chi connectivity index (χ0n) is 10.9. The third kappa shape index (κ3) is 4.59. The number of hydrogen-bond donors (Lipinski definition) is 1. The van der Waals surface area contributed by atoms with Crippen molar-refractivity contribution in [3.63, 3.8) is 0 Å². The maximum Gasteiger partial charge on any atom is 0.238 e. The second-order valence-corrected chi connectivity index (χ2v) is 6.45. The molecule has 0 radical (unpaired) electrons. The Hall–Kier alpha value is -1.30. The Morgan fingerprint density at radius 3 is 2.62 bits per heavy atom. The summed E-state index contributed by atoms with van der Waals surface area (Å²) in [4.78, 5) is 16.8. The van der Waals surface area contributed by atoms with Gasteiger partial charge in [0.2, 0.25) is 5.91 Å². The summed E-state index contributed by atoms with van der Waals surface area (Å²) >= 11 is 13.0. The summed E-state index contributed by atoms with van der Waals surface area (Å²) in [5.74, 6) is -0.299. The molecular formula is C14H11Cl2FN2OS. The minimum atomic E-state index is -0.385. The van der Waals surface area contributed by atoms with Crippen molar-refractivity contribution >= 4 is 46.7 Å². The van der Waals surface area contributed by atoms with Gasteiger partial charge in [0.15, 0.2) is 5.82 Å². The Bertz CT molecular complexity index is 652. The summed E-state index contributed by atoms with van der Waals surface area (Å²) in [7, 11) is 0. The van der Waals surface area contributed by atoms with Crippen LogP contribution in [0, 0.1) is 5.82 Å². The molecule has 3 nitrogen and oxygen atoms in total. The molecule has 21 heavy (non-hydrogen) atoms. The molecule has 0 unspecified atom stereocenters. The quantitative estimate of drug-likeness (QED) is 0.821. The first-order valence-corrected chi connectivity index (χ1v) is 7.63. The van der Waals surface area contributed by atoms with Gasteiger partial charge in [-0.25, -0.2) is 9.37 Å². The summed E-state index contributed by atoms with van der Waals surface area (Å²) in [5, 5.41) is 2.92. The van der Waals surface area contributed by atoms with Crippen LogP contribution in [-0.4, -0.2) is 16.1 Å². The van der Waals surface area contributed by atoms with Crippen molar-refractivity contribution in [2.24, 2.45) is 0 Å². The smallest absolute Gasteiger partial charge is 0.238 e. The Kier molecular flexibility index (Phi) is 5.45. The van der Waals surface area contributed by atoms with Gasteiger partial charge in [0.25, 0.3) is 0 Å². The molecule has 0 saturated carbocycles. The van der Waals surface area contributed by atoms with E-state index in [9.17, 15) is 9.18 Å². The van der Waals surface area contributed by atoms with Crippen molar-refractivity contribution < 1.29 is 9.18 Å². The predicted octanol–water partition coefficient (Wildman–Crippen LogP) is 4.65. The van der Waals surface area contributed by atoms with E-state index in [0.29, 0.717) is 5.02 Å². The van der Waals surface area contributed by atoms with Crippen molar-refractivity contribution in [2.75, 3.05) is 5.32 Å². The molecule has 0 bridgehead atoms. The van der Waals surface area contributed by atoms with E-state index >= 15 is 0 Å². The van der Waals surface area contributed by atoms with E-state index in [-0.39, 0.29) is 27.8 Å². The van der Waals surface area contributed by atoms with Crippen molar-refractivity contribution in [2.45, 2.75) is 17.1 Å². The van der Waals surface area contributed by atoms with Crippen LogP contribution in [0.2, 0.25) is 10.0 Å². The minimum Gasteiger partial charge on any atom is -0.308 e. The topological polar surface area (TPSA) is 42.0 Å². The summed E-state index contributed by atoms with van der Waals surface area (Å²) in [6.07, 6.45) is 1.40. The summed E-state index contributed by atoms with van der Waals surface area (Å²) in [6, 6.07) is 7.45. The highest BCUT2D eigenvalue weighted by Gasteiger charge is 2.16. The van der Waals surface area contributed by atoms with Gasteiger partial charge in [0, 0.05) is 11.1 Å². The number of hydrogen-bond acceptors (Lipinski definition) is 3. The summed E-state index contributed by atoms with van der Waals surface area (Å²) < 4.78 is 12.8. The van der Waals surface area contributed by atoms with Crippen molar-refractivity contribution in [1.29, 1.82) is 0 Å². The fraction of sp³-hybridized carbons (Fsp3) is 0.143. The summed E-state index contributed by atoms with van der Waals surface area (Å²) in [6.45, 7) is 1.74. The van der Waals surface area contributed by atoms with Crippen LogP contribution in [0.15, 0.2) is 41.4 Å². The highest BCUT2D eigenvalue weighted by molar-refractivity contribution is 8.00. The molecule has 1 heterocycles. The molecule has 0 fully saturated rings. The van der Waals surface area contributed by atoms with E-state index in [2.05, 4.69) is 10.3 Å². The Balaban J connectivity index is 2.00. The predicted molar refractivity (Wildman–Crippen MR) is 84.6 cm³/mol. The molecule has 1 atom stereocenters. The van der Waals surface area contributed by atoms with Gasteiger partial charge in [-0.15, -0.1) is 11.8 Å². The van der Waals surface area contributed by atoms with E-state index in [0.717, 1.165) is 4.90 Å². The number of carbonyl (C=O) groups excluding carboxylic acids is 1. The standard InChI is InChI=1S/C14H11Cl2FN2OS/c1-8(21-11-4-2-10(17)3-5-11)14(20)19-13-12(16)6-9(15)7-18-13/h2-8H,1H3,(H,18,19,20)/t8-/m0/s1. The molecule has 0 aliphatic carbocycles.